The molecule has 1 unspecified atom stereocenters. The Kier molecular flexibility index (Phi) is 5.76. The van der Waals surface area contributed by atoms with Gasteiger partial charge in [0.05, 0.1) is 4.90 Å². The van der Waals surface area contributed by atoms with Crippen molar-refractivity contribution in [1.82, 2.24) is 14.5 Å². The summed E-state index contributed by atoms with van der Waals surface area (Å²) in [7, 11) is -3.49. The Balaban J connectivity index is 1.67. The minimum Gasteiger partial charge on any atom is -0.350 e. The first-order valence-electron chi connectivity index (χ1n) is 9.15. The first-order valence-corrected chi connectivity index (χ1v) is 10.6. The van der Waals surface area contributed by atoms with Crippen LogP contribution in [0.15, 0.2) is 29.2 Å². The van der Waals surface area contributed by atoms with E-state index in [1.54, 1.807) is 18.2 Å². The predicted molar refractivity (Wildman–Crippen MR) is 97.0 cm³/mol. The van der Waals surface area contributed by atoms with Crippen LogP contribution in [0, 0.1) is 0 Å². The van der Waals surface area contributed by atoms with Gasteiger partial charge in [-0.25, -0.2) is 8.42 Å². The maximum Gasteiger partial charge on any atom is 0.251 e. The van der Waals surface area contributed by atoms with Gasteiger partial charge in [-0.05, 0) is 57.0 Å². The van der Waals surface area contributed by atoms with Crippen molar-refractivity contribution in [3.8, 4) is 0 Å². The Bertz CT molecular complexity index is 714. The normalized spacial score (nSPS) is 22.4. The molecule has 1 amide bonds. The van der Waals surface area contributed by atoms with Gasteiger partial charge in [-0.15, -0.1) is 0 Å². The lowest BCUT2D eigenvalue weighted by Gasteiger charge is -2.23. The third-order valence-electron chi connectivity index (χ3n) is 5.20. The zero-order chi connectivity index (χ0) is 17.9. The first kappa shape index (κ1) is 18.4. The standard InChI is InChI=1S/C18H27N3O3S/c1-2-20-10-6-8-16(20)14-19-18(22)15-7-5-9-17(13-15)25(23,24)21-11-3-4-12-21/h5,7,9,13,16H,2-4,6,8,10-12,14H2,1H3,(H,19,22). The number of carbonyl (C=O) groups excluding carboxylic acids is 1. The fourth-order valence-corrected chi connectivity index (χ4v) is 5.29. The lowest BCUT2D eigenvalue weighted by molar-refractivity contribution is 0.0941. The molecule has 1 N–H and O–H groups in total. The second kappa shape index (κ2) is 7.85. The Morgan fingerprint density at radius 2 is 1.96 bits per heavy atom. The molecule has 3 rings (SSSR count). The molecule has 7 heteroatoms. The summed E-state index contributed by atoms with van der Waals surface area (Å²) in [5.41, 5.74) is 0.404. The number of likely N-dealkylation sites (N-methyl/N-ethyl adjacent to an activating group) is 1. The molecule has 0 saturated carbocycles. The van der Waals surface area contributed by atoms with Crippen molar-refractivity contribution in [2.75, 3.05) is 32.7 Å². The maximum absolute atomic E-state index is 12.6. The van der Waals surface area contributed by atoms with E-state index in [1.165, 1.54) is 10.4 Å². The molecule has 2 aliphatic heterocycles. The molecule has 0 aromatic heterocycles. The van der Waals surface area contributed by atoms with Crippen molar-refractivity contribution in [3.63, 3.8) is 0 Å². The Hall–Kier alpha value is -1.44. The first-order chi connectivity index (χ1) is 12.0. The van der Waals surface area contributed by atoms with Gasteiger partial charge >= 0.3 is 0 Å². The molecule has 6 nitrogen and oxygen atoms in total. The van der Waals surface area contributed by atoms with Crippen LogP contribution in [0.4, 0.5) is 0 Å². The average molecular weight is 365 g/mol. The average Bonchev–Trinajstić information content (AvgIpc) is 3.31. The zero-order valence-corrected chi connectivity index (χ0v) is 15.6. The smallest absolute Gasteiger partial charge is 0.251 e. The summed E-state index contributed by atoms with van der Waals surface area (Å²) < 4.78 is 26.8. The molecule has 0 bridgehead atoms. The molecule has 1 aromatic carbocycles. The van der Waals surface area contributed by atoms with Crippen LogP contribution < -0.4 is 5.32 Å². The molecule has 0 spiro atoms. The summed E-state index contributed by atoms with van der Waals surface area (Å²) >= 11 is 0. The van der Waals surface area contributed by atoms with E-state index in [0.717, 1.165) is 38.8 Å². The number of carbonyl (C=O) groups is 1. The van der Waals surface area contributed by atoms with E-state index in [1.807, 2.05) is 0 Å². The van der Waals surface area contributed by atoms with Crippen molar-refractivity contribution < 1.29 is 13.2 Å². The number of rotatable bonds is 6. The van der Waals surface area contributed by atoms with Crippen molar-refractivity contribution in [1.29, 1.82) is 0 Å². The van der Waals surface area contributed by atoms with Crippen LogP contribution >= 0.6 is 0 Å². The van der Waals surface area contributed by atoms with Crippen molar-refractivity contribution in [2.45, 2.75) is 43.5 Å². The molecule has 25 heavy (non-hydrogen) atoms. The van der Waals surface area contributed by atoms with E-state index in [9.17, 15) is 13.2 Å². The van der Waals surface area contributed by atoms with Gasteiger partial charge in [0, 0.05) is 31.2 Å². The van der Waals surface area contributed by atoms with Crippen LogP contribution in [0.25, 0.3) is 0 Å². The monoisotopic (exact) mass is 365 g/mol. The van der Waals surface area contributed by atoms with Crippen LogP contribution in [0.1, 0.15) is 43.0 Å². The number of hydrogen-bond donors (Lipinski definition) is 1. The highest BCUT2D eigenvalue weighted by Gasteiger charge is 2.28. The Labute approximate surface area is 150 Å². The second-order valence-corrected chi connectivity index (χ2v) is 8.71. The van der Waals surface area contributed by atoms with Crippen molar-refractivity contribution in [2.24, 2.45) is 0 Å². The SMILES string of the molecule is CCN1CCCC1CNC(=O)c1cccc(S(=O)(=O)N2CCCC2)c1. The minimum atomic E-state index is -3.49. The van der Waals surface area contributed by atoms with Crippen molar-refractivity contribution in [3.05, 3.63) is 29.8 Å². The molecule has 0 aliphatic carbocycles. The van der Waals surface area contributed by atoms with Gasteiger partial charge in [-0.1, -0.05) is 13.0 Å². The summed E-state index contributed by atoms with van der Waals surface area (Å²) in [5, 5.41) is 2.96. The second-order valence-electron chi connectivity index (χ2n) is 6.77. The lowest BCUT2D eigenvalue weighted by atomic mass is 10.2. The molecule has 2 heterocycles. The Morgan fingerprint density at radius 1 is 1.20 bits per heavy atom. The number of likely N-dealkylation sites (tertiary alicyclic amines) is 1. The van der Waals surface area contributed by atoms with Gasteiger partial charge in [0.25, 0.3) is 5.91 Å². The molecule has 2 aliphatic rings. The molecule has 0 radical (unpaired) electrons. The third kappa shape index (κ3) is 4.04. The van der Waals surface area contributed by atoms with E-state index in [2.05, 4.69) is 17.1 Å². The maximum atomic E-state index is 12.6. The summed E-state index contributed by atoms with van der Waals surface area (Å²) in [6.07, 6.45) is 4.05. The summed E-state index contributed by atoms with van der Waals surface area (Å²) in [5.74, 6) is -0.207. The van der Waals surface area contributed by atoms with Gasteiger partial charge < -0.3 is 5.32 Å². The summed E-state index contributed by atoms with van der Waals surface area (Å²) in [6, 6.07) is 6.76. The van der Waals surface area contributed by atoms with Crippen LogP contribution in [-0.2, 0) is 10.0 Å². The zero-order valence-electron chi connectivity index (χ0n) is 14.8. The number of nitrogens with one attached hydrogen (secondary N) is 1. The van der Waals surface area contributed by atoms with E-state index in [-0.39, 0.29) is 10.8 Å². The lowest BCUT2D eigenvalue weighted by Crippen LogP contribution is -2.40. The van der Waals surface area contributed by atoms with Gasteiger partial charge in [0.2, 0.25) is 10.0 Å². The molecule has 2 saturated heterocycles. The Morgan fingerprint density at radius 3 is 2.68 bits per heavy atom. The van der Waals surface area contributed by atoms with E-state index in [0.29, 0.717) is 31.2 Å². The minimum absolute atomic E-state index is 0.207. The summed E-state index contributed by atoms with van der Waals surface area (Å²) in [6.45, 7) is 5.94. The molecule has 1 aromatic rings. The fraction of sp³-hybridized carbons (Fsp3) is 0.611. The van der Waals surface area contributed by atoms with Gasteiger partial charge in [0.1, 0.15) is 0 Å². The fourth-order valence-electron chi connectivity index (χ4n) is 3.73. The molecular formula is C18H27N3O3S. The van der Waals surface area contributed by atoms with Gasteiger partial charge in [-0.2, -0.15) is 4.31 Å². The van der Waals surface area contributed by atoms with Crippen LogP contribution in [0.5, 0.6) is 0 Å². The molecule has 138 valence electrons. The number of amides is 1. The van der Waals surface area contributed by atoms with Crippen molar-refractivity contribution >= 4 is 15.9 Å². The number of nitrogens with zero attached hydrogens (tertiary/aromatic N) is 2. The highest BCUT2D eigenvalue weighted by Crippen LogP contribution is 2.21. The van der Waals surface area contributed by atoms with Crippen LogP contribution in [0.2, 0.25) is 0 Å². The predicted octanol–water partition coefficient (Wildman–Crippen LogP) is 1.69. The van der Waals surface area contributed by atoms with Crippen LogP contribution in [-0.4, -0.2) is 62.3 Å². The summed E-state index contributed by atoms with van der Waals surface area (Å²) in [4.78, 5) is 15.0. The van der Waals surface area contributed by atoms with E-state index in [4.69, 9.17) is 0 Å². The largest absolute Gasteiger partial charge is 0.350 e. The highest BCUT2D eigenvalue weighted by molar-refractivity contribution is 7.89. The molecule has 2 fully saturated rings. The topological polar surface area (TPSA) is 69.7 Å². The number of hydrogen-bond acceptors (Lipinski definition) is 4. The van der Waals surface area contributed by atoms with Crippen LogP contribution in [0.3, 0.4) is 0 Å². The quantitative estimate of drug-likeness (QED) is 0.833. The van der Waals surface area contributed by atoms with Gasteiger partial charge in [0.15, 0.2) is 0 Å². The molecule has 1 atom stereocenters. The van der Waals surface area contributed by atoms with E-state index >= 15 is 0 Å². The molecular weight excluding hydrogens is 338 g/mol. The number of benzene rings is 1. The number of sulfonamides is 1. The highest BCUT2D eigenvalue weighted by atomic mass is 32.2. The van der Waals surface area contributed by atoms with Gasteiger partial charge in [-0.3, -0.25) is 9.69 Å². The third-order valence-corrected chi connectivity index (χ3v) is 7.10. The van der Waals surface area contributed by atoms with E-state index < -0.39 is 10.0 Å².